The van der Waals surface area contributed by atoms with Crippen molar-refractivity contribution in [3.05, 3.63) is 47.8 Å². The van der Waals surface area contributed by atoms with Gasteiger partial charge in [-0.25, -0.2) is 0 Å². The molecule has 0 aliphatic heterocycles. The van der Waals surface area contributed by atoms with E-state index in [1.54, 1.807) is 25.3 Å². The lowest BCUT2D eigenvalue weighted by molar-refractivity contribution is -0.136. The fourth-order valence-corrected chi connectivity index (χ4v) is 4.15. The topological polar surface area (TPSA) is 113 Å². The van der Waals surface area contributed by atoms with Crippen LogP contribution in [0.5, 0.6) is 5.75 Å². The monoisotopic (exact) mass is 473 g/mol. The van der Waals surface area contributed by atoms with Crippen molar-refractivity contribution in [1.82, 2.24) is 15.0 Å². The van der Waals surface area contributed by atoms with Crippen LogP contribution in [0, 0.1) is 0 Å². The Morgan fingerprint density at radius 1 is 1.26 bits per heavy atom. The molecular weight excluding hydrogens is 447 g/mol. The van der Waals surface area contributed by atoms with Crippen LogP contribution < -0.4 is 21.1 Å². The van der Waals surface area contributed by atoms with Crippen LogP contribution in [-0.4, -0.2) is 40.9 Å². The Morgan fingerprint density at radius 2 is 2.03 bits per heavy atom. The molecule has 0 spiro atoms. The SMILES string of the molecule is CN=C(C=CN)c1ccc(Nc2nc(NC3CCCC3)c3c(C(F)(F)F)c[nH]c3n2)c(OC)c1. The molecule has 0 unspecified atom stereocenters. The maximum absolute atomic E-state index is 13.6. The third-order valence-electron chi connectivity index (χ3n) is 5.77. The van der Waals surface area contributed by atoms with Gasteiger partial charge in [-0.3, -0.25) is 4.99 Å². The maximum Gasteiger partial charge on any atom is 0.418 e. The van der Waals surface area contributed by atoms with Crippen LogP contribution in [0.25, 0.3) is 11.0 Å². The quantitative estimate of drug-likeness (QED) is 0.360. The van der Waals surface area contributed by atoms with Crippen molar-refractivity contribution in [2.45, 2.75) is 37.9 Å². The van der Waals surface area contributed by atoms with Gasteiger partial charge in [-0.05, 0) is 37.3 Å². The van der Waals surface area contributed by atoms with Crippen LogP contribution in [0.4, 0.5) is 30.6 Å². The molecule has 3 aromatic rings. The van der Waals surface area contributed by atoms with Crippen molar-refractivity contribution in [2.75, 3.05) is 24.8 Å². The number of rotatable bonds is 7. The Morgan fingerprint density at radius 3 is 2.68 bits per heavy atom. The van der Waals surface area contributed by atoms with Crippen LogP contribution in [0.1, 0.15) is 36.8 Å². The highest BCUT2D eigenvalue weighted by atomic mass is 19.4. The van der Waals surface area contributed by atoms with Crippen molar-refractivity contribution < 1.29 is 17.9 Å². The molecule has 0 atom stereocenters. The van der Waals surface area contributed by atoms with Gasteiger partial charge in [-0.2, -0.15) is 23.1 Å². The maximum atomic E-state index is 13.6. The number of ether oxygens (including phenoxy) is 1. The number of anilines is 3. The van der Waals surface area contributed by atoms with Gasteiger partial charge in [-0.1, -0.05) is 18.9 Å². The second-order valence-electron chi connectivity index (χ2n) is 7.95. The van der Waals surface area contributed by atoms with E-state index in [0.717, 1.165) is 37.4 Å². The minimum absolute atomic E-state index is 0.0652. The molecule has 1 fully saturated rings. The summed E-state index contributed by atoms with van der Waals surface area (Å²) in [5, 5.41) is 6.21. The highest BCUT2D eigenvalue weighted by molar-refractivity contribution is 6.09. The van der Waals surface area contributed by atoms with Crippen molar-refractivity contribution >= 4 is 34.2 Å². The van der Waals surface area contributed by atoms with Crippen LogP contribution in [0.15, 0.2) is 41.7 Å². The van der Waals surface area contributed by atoms with Gasteiger partial charge in [-0.15, -0.1) is 0 Å². The second-order valence-corrected chi connectivity index (χ2v) is 7.95. The number of hydrogen-bond donors (Lipinski definition) is 4. The molecule has 0 amide bonds. The predicted octanol–water partition coefficient (Wildman–Crippen LogP) is 4.97. The van der Waals surface area contributed by atoms with E-state index >= 15 is 0 Å². The summed E-state index contributed by atoms with van der Waals surface area (Å²) < 4.78 is 46.4. The standard InChI is InChI=1S/C23H26F3N7O/c1-28-16(9-10-27)13-7-8-17(18(11-13)34-2)31-22-32-20-19(15(12-29-20)23(24,25)26)21(33-22)30-14-5-3-4-6-14/h7-12,14H,3-6,27H2,1-2H3,(H3,29,30,31,32,33). The van der Waals surface area contributed by atoms with Crippen LogP contribution in [0.3, 0.4) is 0 Å². The fourth-order valence-electron chi connectivity index (χ4n) is 4.15. The lowest BCUT2D eigenvalue weighted by Crippen LogP contribution is -2.17. The highest BCUT2D eigenvalue weighted by Crippen LogP contribution is 2.39. The second kappa shape index (κ2) is 9.62. The number of fused-ring (bicyclic) bond motifs is 1. The summed E-state index contributed by atoms with van der Waals surface area (Å²) >= 11 is 0. The zero-order valence-electron chi connectivity index (χ0n) is 18.8. The number of hydrogen-bond acceptors (Lipinski definition) is 7. The predicted molar refractivity (Wildman–Crippen MR) is 127 cm³/mol. The number of nitrogens with two attached hydrogens (primary N) is 1. The van der Waals surface area contributed by atoms with Crippen LogP contribution in [-0.2, 0) is 6.18 Å². The lowest BCUT2D eigenvalue weighted by atomic mass is 10.1. The number of aliphatic imine (C=N–C) groups is 1. The molecule has 8 nitrogen and oxygen atoms in total. The molecule has 2 heterocycles. The van der Waals surface area contributed by atoms with Gasteiger partial charge in [0.1, 0.15) is 17.2 Å². The molecule has 34 heavy (non-hydrogen) atoms. The normalized spacial score (nSPS) is 15.4. The minimum Gasteiger partial charge on any atom is -0.495 e. The van der Waals surface area contributed by atoms with Crippen molar-refractivity contribution in [2.24, 2.45) is 10.7 Å². The molecule has 1 aromatic carbocycles. The molecular formula is C23H26F3N7O. The summed E-state index contributed by atoms with van der Waals surface area (Å²) in [5.74, 6) is 0.776. The highest BCUT2D eigenvalue weighted by Gasteiger charge is 2.36. The van der Waals surface area contributed by atoms with E-state index in [4.69, 9.17) is 10.5 Å². The minimum atomic E-state index is -4.53. The largest absolute Gasteiger partial charge is 0.495 e. The number of aromatic amines is 1. The van der Waals surface area contributed by atoms with Gasteiger partial charge >= 0.3 is 6.18 Å². The van der Waals surface area contributed by atoms with Crippen molar-refractivity contribution in [3.8, 4) is 5.75 Å². The van der Waals surface area contributed by atoms with Crippen molar-refractivity contribution in [3.63, 3.8) is 0 Å². The molecule has 1 saturated carbocycles. The Kier molecular flexibility index (Phi) is 6.62. The van der Waals surface area contributed by atoms with Gasteiger partial charge in [0.15, 0.2) is 0 Å². The van der Waals surface area contributed by atoms with Crippen molar-refractivity contribution in [1.29, 1.82) is 0 Å². The third kappa shape index (κ3) is 4.78. The molecule has 0 radical (unpaired) electrons. The molecule has 0 bridgehead atoms. The molecule has 11 heteroatoms. The summed E-state index contributed by atoms with van der Waals surface area (Å²) in [6.07, 6.45) is 3.29. The Balaban J connectivity index is 1.73. The van der Waals surface area contributed by atoms with E-state index in [0.29, 0.717) is 17.1 Å². The summed E-state index contributed by atoms with van der Waals surface area (Å²) in [5.41, 5.74) is 6.78. The van der Waals surface area contributed by atoms with E-state index in [9.17, 15) is 13.2 Å². The van der Waals surface area contributed by atoms with E-state index in [-0.39, 0.29) is 28.8 Å². The first-order valence-electron chi connectivity index (χ1n) is 10.9. The van der Waals surface area contributed by atoms with Crippen LogP contribution >= 0.6 is 0 Å². The average molecular weight is 474 g/mol. The molecule has 1 aliphatic rings. The summed E-state index contributed by atoms with van der Waals surface area (Å²) in [6.45, 7) is 0. The number of allylic oxidation sites excluding steroid dienone is 1. The first-order valence-corrected chi connectivity index (χ1v) is 10.9. The van der Waals surface area contributed by atoms with Gasteiger partial charge < -0.3 is 26.1 Å². The third-order valence-corrected chi connectivity index (χ3v) is 5.77. The van der Waals surface area contributed by atoms with Gasteiger partial charge in [0, 0.05) is 24.8 Å². The van der Waals surface area contributed by atoms with Crippen LogP contribution in [0.2, 0.25) is 0 Å². The molecule has 180 valence electrons. The molecule has 0 saturated heterocycles. The number of nitrogens with one attached hydrogen (secondary N) is 3. The molecule has 4 rings (SSSR count). The first kappa shape index (κ1) is 23.4. The lowest BCUT2D eigenvalue weighted by Gasteiger charge is -2.17. The van der Waals surface area contributed by atoms with Gasteiger partial charge in [0.05, 0.1) is 29.5 Å². The molecule has 2 aromatic heterocycles. The van der Waals surface area contributed by atoms with E-state index in [2.05, 4.69) is 30.6 Å². The zero-order chi connectivity index (χ0) is 24.3. The number of halogens is 3. The number of alkyl halides is 3. The Hall–Kier alpha value is -3.76. The number of methoxy groups -OCH3 is 1. The summed E-state index contributed by atoms with van der Waals surface area (Å²) in [7, 11) is 3.17. The fraction of sp³-hybridized carbons (Fsp3) is 0.348. The number of benzene rings is 1. The van der Waals surface area contributed by atoms with Gasteiger partial charge in [0.2, 0.25) is 5.95 Å². The average Bonchev–Trinajstić information content (AvgIpc) is 3.47. The number of nitrogens with zero attached hydrogens (tertiary/aromatic N) is 3. The van der Waals surface area contributed by atoms with E-state index in [1.807, 2.05) is 6.07 Å². The Bertz CT molecular complexity index is 1230. The molecule has 1 aliphatic carbocycles. The molecule has 5 N–H and O–H groups in total. The first-order chi connectivity index (χ1) is 16.3. The smallest absolute Gasteiger partial charge is 0.418 e. The van der Waals surface area contributed by atoms with E-state index in [1.165, 1.54) is 13.3 Å². The summed E-state index contributed by atoms with van der Waals surface area (Å²) in [6, 6.07) is 5.42. The number of aromatic nitrogens is 3. The zero-order valence-corrected chi connectivity index (χ0v) is 18.8. The van der Waals surface area contributed by atoms with Gasteiger partial charge in [0.25, 0.3) is 0 Å². The summed E-state index contributed by atoms with van der Waals surface area (Å²) in [4.78, 5) is 15.6. The number of H-pyrrole nitrogens is 1. The van der Waals surface area contributed by atoms with E-state index < -0.39 is 11.7 Å². The Labute approximate surface area is 194 Å².